The van der Waals surface area contributed by atoms with E-state index in [4.69, 9.17) is 4.98 Å². The second kappa shape index (κ2) is 6.64. The Morgan fingerprint density at radius 1 is 1.15 bits per heavy atom. The van der Waals surface area contributed by atoms with E-state index in [1.165, 1.54) is 19.4 Å². The Morgan fingerprint density at radius 2 is 1.96 bits per heavy atom. The van der Waals surface area contributed by atoms with Crippen LogP contribution in [0.3, 0.4) is 0 Å². The van der Waals surface area contributed by atoms with Crippen LogP contribution < -0.4 is 5.32 Å². The molecule has 1 aliphatic rings. The molecule has 1 N–H and O–H groups in total. The van der Waals surface area contributed by atoms with Crippen LogP contribution in [0.2, 0.25) is 0 Å². The van der Waals surface area contributed by atoms with Crippen molar-refractivity contribution in [1.82, 2.24) is 29.3 Å². The first-order valence-corrected chi connectivity index (χ1v) is 9.64. The van der Waals surface area contributed by atoms with Gasteiger partial charge >= 0.3 is 0 Å². The van der Waals surface area contributed by atoms with Gasteiger partial charge in [0.1, 0.15) is 5.82 Å². The number of nitrogens with one attached hydrogen (secondary N) is 1. The molecule has 1 aliphatic heterocycles. The molecule has 0 saturated carbocycles. The zero-order valence-corrected chi connectivity index (χ0v) is 16.9. The van der Waals surface area contributed by atoms with E-state index in [-0.39, 0.29) is 5.54 Å². The molecule has 1 fully saturated rings. The van der Waals surface area contributed by atoms with Crippen LogP contribution in [0.4, 0.5) is 5.82 Å². The second-order valence-electron chi connectivity index (χ2n) is 8.74. The van der Waals surface area contributed by atoms with Gasteiger partial charge in [-0.15, -0.1) is 0 Å². The highest BCUT2D eigenvalue weighted by Crippen LogP contribution is 2.31. The largest absolute Gasteiger partial charge is 0.365 e. The summed E-state index contributed by atoms with van der Waals surface area (Å²) >= 11 is 0. The first-order valence-electron chi connectivity index (χ1n) is 9.64. The number of likely N-dealkylation sites (N-methyl/N-ethyl adjacent to an activating group) is 1. The number of aryl methyl sites for hydroxylation is 1. The number of anilines is 1. The second-order valence-corrected chi connectivity index (χ2v) is 8.74. The summed E-state index contributed by atoms with van der Waals surface area (Å²) in [7, 11) is 4.12. The van der Waals surface area contributed by atoms with Crippen molar-refractivity contribution in [2.45, 2.75) is 45.1 Å². The Balaban J connectivity index is 1.85. The molecule has 0 amide bonds. The zero-order chi connectivity index (χ0) is 19.2. The van der Waals surface area contributed by atoms with Crippen LogP contribution in [0.15, 0.2) is 24.7 Å². The van der Waals surface area contributed by atoms with E-state index in [2.05, 4.69) is 54.3 Å². The van der Waals surface area contributed by atoms with E-state index in [1.54, 1.807) is 0 Å². The average Bonchev–Trinajstić information content (AvgIpc) is 3.19. The van der Waals surface area contributed by atoms with Crippen molar-refractivity contribution in [2.75, 3.05) is 25.5 Å². The van der Waals surface area contributed by atoms with Gasteiger partial charge in [0, 0.05) is 48.4 Å². The number of likely N-dealkylation sites (tertiary alicyclic amines) is 1. The Bertz CT molecular complexity index is 947. The number of piperidine rings is 1. The van der Waals surface area contributed by atoms with Crippen molar-refractivity contribution in [1.29, 1.82) is 0 Å². The zero-order valence-electron chi connectivity index (χ0n) is 16.9. The fourth-order valence-electron chi connectivity index (χ4n) is 3.84. The quantitative estimate of drug-likeness (QED) is 0.770. The number of nitrogens with zero attached hydrogens (tertiary/aromatic N) is 6. The lowest BCUT2D eigenvalue weighted by molar-refractivity contribution is 0.248. The van der Waals surface area contributed by atoms with Crippen LogP contribution in [0, 0.1) is 0 Å². The summed E-state index contributed by atoms with van der Waals surface area (Å²) in [5.74, 6) is 1.44. The van der Waals surface area contributed by atoms with Crippen molar-refractivity contribution in [2.24, 2.45) is 7.05 Å². The maximum atomic E-state index is 5.07. The summed E-state index contributed by atoms with van der Waals surface area (Å²) in [4.78, 5) is 7.46. The van der Waals surface area contributed by atoms with Crippen LogP contribution in [-0.2, 0) is 7.05 Å². The van der Waals surface area contributed by atoms with E-state index in [9.17, 15) is 0 Å². The monoisotopic (exact) mass is 367 g/mol. The average molecular weight is 368 g/mol. The molecular formula is C20H29N7. The summed E-state index contributed by atoms with van der Waals surface area (Å²) in [5, 5.41) is 12.6. The summed E-state index contributed by atoms with van der Waals surface area (Å²) in [6, 6.07) is 2.18. The smallest absolute Gasteiger partial charge is 0.165 e. The molecule has 7 nitrogen and oxygen atoms in total. The van der Waals surface area contributed by atoms with Gasteiger partial charge in [-0.1, -0.05) is 0 Å². The molecule has 3 aromatic heterocycles. The van der Waals surface area contributed by atoms with Gasteiger partial charge in [0.15, 0.2) is 5.65 Å². The minimum atomic E-state index is -0.0602. The van der Waals surface area contributed by atoms with Crippen molar-refractivity contribution < 1.29 is 0 Å². The fourth-order valence-corrected chi connectivity index (χ4v) is 3.84. The third kappa shape index (κ3) is 3.69. The van der Waals surface area contributed by atoms with Crippen LogP contribution >= 0.6 is 0 Å². The van der Waals surface area contributed by atoms with Gasteiger partial charge in [-0.25, -0.2) is 4.98 Å². The predicted molar refractivity (Wildman–Crippen MR) is 108 cm³/mol. The van der Waals surface area contributed by atoms with Gasteiger partial charge in [-0.2, -0.15) is 14.7 Å². The molecule has 0 radical (unpaired) electrons. The highest BCUT2D eigenvalue weighted by atomic mass is 15.3. The number of hydrogen-bond acceptors (Lipinski definition) is 5. The lowest BCUT2D eigenvalue weighted by Crippen LogP contribution is -2.32. The standard InChI is InChI=1S/C20H29N7/c1-20(2,3)24-18-9-17(14-7-6-8-25(4)12-14)23-19-16(11-22-27(18)19)15-10-21-26(5)13-15/h9-11,13-14,24H,6-8,12H2,1-5H3. The maximum Gasteiger partial charge on any atom is 0.165 e. The summed E-state index contributed by atoms with van der Waals surface area (Å²) in [6.07, 6.45) is 8.17. The van der Waals surface area contributed by atoms with Gasteiger partial charge in [-0.05, 0) is 47.2 Å². The van der Waals surface area contributed by atoms with E-state index >= 15 is 0 Å². The molecule has 0 spiro atoms. The topological polar surface area (TPSA) is 63.3 Å². The molecule has 1 atom stereocenters. The Kier molecular flexibility index (Phi) is 4.42. The van der Waals surface area contributed by atoms with Crippen molar-refractivity contribution in [3.05, 3.63) is 30.4 Å². The number of aromatic nitrogens is 5. The Labute approximate surface area is 160 Å². The molecule has 7 heteroatoms. The maximum absolute atomic E-state index is 5.07. The minimum absolute atomic E-state index is 0.0602. The number of hydrogen-bond donors (Lipinski definition) is 1. The van der Waals surface area contributed by atoms with Crippen LogP contribution in [0.25, 0.3) is 16.8 Å². The molecule has 3 aromatic rings. The number of rotatable bonds is 3. The van der Waals surface area contributed by atoms with E-state index in [0.717, 1.165) is 34.8 Å². The normalized spacial score (nSPS) is 18.9. The van der Waals surface area contributed by atoms with Gasteiger partial charge in [0.2, 0.25) is 0 Å². The van der Waals surface area contributed by atoms with Crippen molar-refractivity contribution in [3.8, 4) is 11.1 Å². The SMILES string of the molecule is CN1CCCC(c2cc(NC(C)(C)C)n3ncc(-c4cnn(C)c4)c3n2)C1. The molecule has 0 aliphatic carbocycles. The lowest BCUT2D eigenvalue weighted by atomic mass is 9.94. The highest BCUT2D eigenvalue weighted by molar-refractivity contribution is 5.77. The predicted octanol–water partition coefficient (Wildman–Crippen LogP) is 3.15. The molecule has 0 bridgehead atoms. The van der Waals surface area contributed by atoms with E-state index in [0.29, 0.717) is 5.92 Å². The van der Waals surface area contributed by atoms with Crippen LogP contribution in [0.1, 0.15) is 45.2 Å². The highest BCUT2D eigenvalue weighted by Gasteiger charge is 2.24. The molecule has 4 rings (SSSR count). The Hall–Kier alpha value is -2.41. The molecule has 27 heavy (non-hydrogen) atoms. The molecule has 0 aromatic carbocycles. The number of fused-ring (bicyclic) bond motifs is 1. The summed E-state index contributed by atoms with van der Waals surface area (Å²) in [6.45, 7) is 8.71. The first kappa shape index (κ1) is 18.0. The van der Waals surface area contributed by atoms with Crippen molar-refractivity contribution >= 4 is 11.5 Å². The molecule has 1 unspecified atom stereocenters. The van der Waals surface area contributed by atoms with E-state index in [1.807, 2.05) is 34.8 Å². The van der Waals surface area contributed by atoms with Gasteiger partial charge in [-0.3, -0.25) is 4.68 Å². The van der Waals surface area contributed by atoms with E-state index < -0.39 is 0 Å². The fraction of sp³-hybridized carbons (Fsp3) is 0.550. The van der Waals surface area contributed by atoms with Crippen LogP contribution in [0.5, 0.6) is 0 Å². The van der Waals surface area contributed by atoms with Gasteiger partial charge in [0.25, 0.3) is 0 Å². The molecule has 4 heterocycles. The van der Waals surface area contributed by atoms with Crippen LogP contribution in [-0.4, -0.2) is 55.0 Å². The third-order valence-electron chi connectivity index (χ3n) is 5.05. The minimum Gasteiger partial charge on any atom is -0.365 e. The Morgan fingerprint density at radius 3 is 2.63 bits per heavy atom. The first-order chi connectivity index (χ1) is 12.8. The van der Waals surface area contributed by atoms with Gasteiger partial charge < -0.3 is 10.2 Å². The third-order valence-corrected chi connectivity index (χ3v) is 5.05. The van der Waals surface area contributed by atoms with Gasteiger partial charge in [0.05, 0.1) is 18.1 Å². The molecular weight excluding hydrogens is 338 g/mol. The molecule has 1 saturated heterocycles. The van der Waals surface area contributed by atoms with Crippen molar-refractivity contribution in [3.63, 3.8) is 0 Å². The summed E-state index contributed by atoms with van der Waals surface area (Å²) < 4.78 is 3.73. The summed E-state index contributed by atoms with van der Waals surface area (Å²) in [5.41, 5.74) is 4.03. The lowest BCUT2D eigenvalue weighted by Gasteiger charge is -2.30. The molecule has 144 valence electrons.